The third-order valence-electron chi connectivity index (χ3n) is 3.69. The van der Waals surface area contributed by atoms with Gasteiger partial charge < -0.3 is 4.74 Å². The van der Waals surface area contributed by atoms with Crippen LogP contribution in [0.1, 0.15) is 41.3 Å². The summed E-state index contributed by atoms with van der Waals surface area (Å²) in [6.45, 7) is 5.66. The van der Waals surface area contributed by atoms with Crippen LogP contribution >= 0.6 is 23.2 Å². The van der Waals surface area contributed by atoms with Crippen molar-refractivity contribution in [3.8, 4) is 5.75 Å². The molecule has 0 unspecified atom stereocenters. The van der Waals surface area contributed by atoms with Gasteiger partial charge in [0, 0.05) is 15.6 Å². The monoisotopic (exact) mass is 394 g/mol. The lowest BCUT2D eigenvalue weighted by molar-refractivity contribution is -0.123. The zero-order chi connectivity index (χ0) is 19.3. The van der Waals surface area contributed by atoms with Crippen LogP contribution < -0.4 is 15.6 Å². The molecule has 0 bridgehead atoms. The summed E-state index contributed by atoms with van der Waals surface area (Å²) in [6.07, 6.45) is 0. The topological polar surface area (TPSA) is 67.4 Å². The summed E-state index contributed by atoms with van der Waals surface area (Å²) in [5, 5.41) is 1.18. The van der Waals surface area contributed by atoms with Crippen molar-refractivity contribution in [2.75, 3.05) is 6.61 Å². The maximum atomic E-state index is 11.9. The highest BCUT2D eigenvalue weighted by Gasteiger charge is 2.13. The second-order valence-corrected chi connectivity index (χ2v) is 6.94. The first kappa shape index (κ1) is 20.1. The number of aryl methyl sites for hydroxylation is 1. The van der Waals surface area contributed by atoms with Gasteiger partial charge >= 0.3 is 0 Å². The summed E-state index contributed by atoms with van der Waals surface area (Å²) in [4.78, 5) is 23.9. The van der Waals surface area contributed by atoms with Crippen molar-refractivity contribution < 1.29 is 14.3 Å². The minimum absolute atomic E-state index is 0.191. The molecule has 7 heteroatoms. The molecule has 0 aliphatic heterocycles. The Hall–Kier alpha value is -2.24. The Morgan fingerprint density at radius 3 is 2.35 bits per heavy atom. The third kappa shape index (κ3) is 5.38. The molecule has 0 saturated heterocycles. The van der Waals surface area contributed by atoms with E-state index in [1.807, 2.05) is 26.8 Å². The van der Waals surface area contributed by atoms with Gasteiger partial charge in [0.1, 0.15) is 5.75 Å². The number of hydrogen-bond donors (Lipinski definition) is 2. The molecular formula is C19H20Cl2N2O3. The molecule has 26 heavy (non-hydrogen) atoms. The van der Waals surface area contributed by atoms with Crippen molar-refractivity contribution in [2.45, 2.75) is 26.7 Å². The summed E-state index contributed by atoms with van der Waals surface area (Å²) in [7, 11) is 0. The maximum Gasteiger partial charge on any atom is 0.276 e. The summed E-state index contributed by atoms with van der Waals surface area (Å²) < 4.78 is 5.61. The second kappa shape index (κ2) is 8.92. The van der Waals surface area contributed by atoms with Gasteiger partial charge in [-0.2, -0.15) is 0 Å². The molecule has 2 N–H and O–H groups in total. The zero-order valence-corrected chi connectivity index (χ0v) is 16.2. The van der Waals surface area contributed by atoms with Crippen molar-refractivity contribution >= 4 is 35.0 Å². The van der Waals surface area contributed by atoms with Crippen molar-refractivity contribution in [3.63, 3.8) is 0 Å². The van der Waals surface area contributed by atoms with Crippen LogP contribution in [0.3, 0.4) is 0 Å². The summed E-state index contributed by atoms with van der Waals surface area (Å²) >= 11 is 11.9. The molecule has 0 atom stereocenters. The Labute approximate surface area is 162 Å². The third-order valence-corrected chi connectivity index (χ3v) is 4.35. The number of nitrogens with one attached hydrogen (secondary N) is 2. The normalized spacial score (nSPS) is 10.5. The van der Waals surface area contributed by atoms with Gasteiger partial charge in [-0.3, -0.25) is 20.4 Å². The van der Waals surface area contributed by atoms with E-state index in [1.165, 1.54) is 0 Å². The van der Waals surface area contributed by atoms with E-state index < -0.39 is 11.8 Å². The van der Waals surface area contributed by atoms with E-state index in [0.717, 1.165) is 11.1 Å². The van der Waals surface area contributed by atoms with E-state index in [1.54, 1.807) is 30.3 Å². The first-order valence-corrected chi connectivity index (χ1v) is 8.81. The molecule has 0 aliphatic rings. The van der Waals surface area contributed by atoms with Crippen LogP contribution in [-0.4, -0.2) is 18.4 Å². The van der Waals surface area contributed by atoms with Gasteiger partial charge in [0.15, 0.2) is 6.61 Å². The Kier molecular flexibility index (Phi) is 6.89. The highest BCUT2D eigenvalue weighted by atomic mass is 35.5. The Balaban J connectivity index is 1.92. The number of rotatable bonds is 5. The van der Waals surface area contributed by atoms with Crippen LogP contribution in [0.15, 0.2) is 36.4 Å². The van der Waals surface area contributed by atoms with Crippen molar-refractivity contribution in [1.82, 2.24) is 10.9 Å². The molecule has 0 aromatic heterocycles. The summed E-state index contributed by atoms with van der Waals surface area (Å²) in [5.41, 5.74) is 6.81. The van der Waals surface area contributed by atoms with Crippen LogP contribution in [0.25, 0.3) is 0 Å². The smallest absolute Gasteiger partial charge is 0.276 e. The van der Waals surface area contributed by atoms with Gasteiger partial charge in [0.2, 0.25) is 0 Å². The van der Waals surface area contributed by atoms with E-state index in [0.29, 0.717) is 21.4 Å². The lowest BCUT2D eigenvalue weighted by Crippen LogP contribution is -2.43. The lowest BCUT2D eigenvalue weighted by Gasteiger charge is -2.16. The Morgan fingerprint density at radius 2 is 1.73 bits per heavy atom. The highest BCUT2D eigenvalue weighted by Crippen LogP contribution is 2.31. The molecule has 5 nitrogen and oxygen atoms in total. The van der Waals surface area contributed by atoms with Gasteiger partial charge in [0.05, 0.1) is 0 Å². The van der Waals surface area contributed by atoms with Gasteiger partial charge in [-0.15, -0.1) is 0 Å². The van der Waals surface area contributed by atoms with E-state index >= 15 is 0 Å². The van der Waals surface area contributed by atoms with E-state index in [4.69, 9.17) is 27.9 Å². The van der Waals surface area contributed by atoms with E-state index in [9.17, 15) is 9.59 Å². The van der Waals surface area contributed by atoms with Crippen LogP contribution in [-0.2, 0) is 4.79 Å². The minimum Gasteiger partial charge on any atom is -0.483 e. The number of ether oxygens (including phenoxy) is 1. The second-order valence-electron chi connectivity index (χ2n) is 6.09. The molecule has 2 amide bonds. The molecular weight excluding hydrogens is 375 g/mol. The first-order chi connectivity index (χ1) is 12.3. The number of carbonyl (C=O) groups is 2. The molecule has 0 spiro atoms. The van der Waals surface area contributed by atoms with Crippen LogP contribution in [0.4, 0.5) is 0 Å². The average molecular weight is 395 g/mol. The average Bonchev–Trinajstić information content (AvgIpc) is 2.60. The highest BCUT2D eigenvalue weighted by molar-refractivity contribution is 6.31. The van der Waals surface area contributed by atoms with Crippen molar-refractivity contribution in [2.24, 2.45) is 0 Å². The zero-order valence-electron chi connectivity index (χ0n) is 14.7. The van der Waals surface area contributed by atoms with Gasteiger partial charge in [-0.25, -0.2) is 0 Å². The van der Waals surface area contributed by atoms with Crippen LogP contribution in [0, 0.1) is 6.92 Å². The number of hydrogen-bond acceptors (Lipinski definition) is 3. The molecule has 2 aromatic rings. The van der Waals surface area contributed by atoms with Crippen LogP contribution in [0.5, 0.6) is 5.75 Å². The standard InChI is InChI=1S/C19H20Cl2N2O3/c1-11(2)15-9-16(21)12(3)8-17(15)26-10-18(24)22-23-19(25)13-4-6-14(20)7-5-13/h4-9,11H,10H2,1-3H3,(H,22,24)(H,23,25). The molecule has 2 rings (SSSR count). The molecule has 0 fully saturated rings. The number of benzene rings is 2. The summed E-state index contributed by atoms with van der Waals surface area (Å²) in [5.74, 6) is -0.133. The molecule has 0 radical (unpaired) electrons. The Morgan fingerprint density at radius 1 is 1.08 bits per heavy atom. The molecule has 138 valence electrons. The van der Waals surface area contributed by atoms with Gasteiger partial charge in [-0.05, 0) is 60.4 Å². The van der Waals surface area contributed by atoms with Crippen LogP contribution in [0.2, 0.25) is 10.0 Å². The first-order valence-electron chi connectivity index (χ1n) is 8.05. The number of hydrazine groups is 1. The van der Waals surface area contributed by atoms with Crippen molar-refractivity contribution in [3.05, 3.63) is 63.1 Å². The number of amides is 2. The molecule has 0 aliphatic carbocycles. The Bertz CT molecular complexity index is 805. The lowest BCUT2D eigenvalue weighted by atomic mass is 10.0. The largest absolute Gasteiger partial charge is 0.483 e. The minimum atomic E-state index is -0.477. The number of halogens is 2. The molecule has 0 heterocycles. The fourth-order valence-electron chi connectivity index (χ4n) is 2.23. The van der Waals surface area contributed by atoms with Gasteiger partial charge in [0.25, 0.3) is 11.8 Å². The fourth-order valence-corrected chi connectivity index (χ4v) is 2.52. The molecule has 2 aromatic carbocycles. The quantitative estimate of drug-likeness (QED) is 0.744. The fraction of sp³-hybridized carbons (Fsp3) is 0.263. The summed E-state index contributed by atoms with van der Waals surface area (Å²) in [6, 6.07) is 9.96. The van der Waals surface area contributed by atoms with E-state index in [-0.39, 0.29) is 12.5 Å². The van der Waals surface area contributed by atoms with Crippen molar-refractivity contribution in [1.29, 1.82) is 0 Å². The SMILES string of the molecule is Cc1cc(OCC(=O)NNC(=O)c2ccc(Cl)cc2)c(C(C)C)cc1Cl. The predicted molar refractivity (Wildman–Crippen MR) is 103 cm³/mol. The maximum absolute atomic E-state index is 11.9. The predicted octanol–water partition coefficient (Wildman–Crippen LogP) is 4.27. The van der Waals surface area contributed by atoms with Gasteiger partial charge in [-0.1, -0.05) is 37.0 Å². The number of carbonyl (C=O) groups excluding carboxylic acids is 2. The molecule has 0 saturated carbocycles. The van der Waals surface area contributed by atoms with E-state index in [2.05, 4.69) is 10.9 Å².